The van der Waals surface area contributed by atoms with E-state index in [0.717, 1.165) is 19.6 Å². The van der Waals surface area contributed by atoms with E-state index in [1.165, 1.54) is 47.7 Å². The first-order valence-corrected chi connectivity index (χ1v) is 15.7. The SMILES string of the molecule is COc1ccc([C@H]2C(=C(O)c3ccc(S(=O)(=O)N4CCOCC4)cc3)C(=O)C(=O)N2CCCN2CCOCC2)cc1OC. The molecule has 0 spiro atoms. The molecule has 5 rings (SSSR count). The van der Waals surface area contributed by atoms with Gasteiger partial charge in [-0.1, -0.05) is 6.07 Å². The summed E-state index contributed by atoms with van der Waals surface area (Å²) in [7, 11) is -0.745. The van der Waals surface area contributed by atoms with Crippen LogP contribution in [0, 0.1) is 0 Å². The van der Waals surface area contributed by atoms with Crippen molar-refractivity contribution in [1.29, 1.82) is 0 Å². The van der Waals surface area contributed by atoms with Crippen LogP contribution in [0.15, 0.2) is 52.9 Å². The van der Waals surface area contributed by atoms with Crippen LogP contribution >= 0.6 is 0 Å². The van der Waals surface area contributed by atoms with Gasteiger partial charge in [-0.05, 0) is 48.4 Å². The van der Waals surface area contributed by atoms with Gasteiger partial charge in [0.05, 0.1) is 57.2 Å². The first kappa shape index (κ1) is 31.0. The number of carbonyl (C=O) groups excluding carboxylic acids is 2. The number of carbonyl (C=O) groups is 2. The van der Waals surface area contributed by atoms with Gasteiger partial charge in [0.2, 0.25) is 10.0 Å². The van der Waals surface area contributed by atoms with Crippen LogP contribution in [-0.4, -0.2) is 119 Å². The van der Waals surface area contributed by atoms with Crippen molar-refractivity contribution in [3.05, 3.63) is 59.2 Å². The molecule has 1 amide bonds. The zero-order chi connectivity index (χ0) is 30.6. The van der Waals surface area contributed by atoms with Gasteiger partial charge in [0.1, 0.15) is 5.76 Å². The molecule has 232 valence electrons. The number of nitrogens with zero attached hydrogens (tertiary/aromatic N) is 3. The van der Waals surface area contributed by atoms with Crippen LogP contribution < -0.4 is 9.47 Å². The highest BCUT2D eigenvalue weighted by Crippen LogP contribution is 2.42. The van der Waals surface area contributed by atoms with Gasteiger partial charge in [-0.25, -0.2) is 8.42 Å². The second kappa shape index (κ2) is 13.4. The van der Waals surface area contributed by atoms with Gasteiger partial charge in [0.25, 0.3) is 11.7 Å². The minimum Gasteiger partial charge on any atom is -0.507 e. The minimum absolute atomic E-state index is 0.0611. The maximum absolute atomic E-state index is 13.5. The number of Topliss-reactive ketones (excluding diaryl/α,β-unsaturated/α-hetero) is 1. The summed E-state index contributed by atoms with van der Waals surface area (Å²) in [6, 6.07) is 9.90. The molecule has 2 aromatic carbocycles. The van der Waals surface area contributed by atoms with Crippen molar-refractivity contribution in [3.8, 4) is 11.5 Å². The number of rotatable bonds is 10. The Hall–Kier alpha value is -3.49. The van der Waals surface area contributed by atoms with E-state index in [9.17, 15) is 23.1 Å². The molecule has 12 nitrogen and oxygen atoms in total. The summed E-state index contributed by atoms with van der Waals surface area (Å²) in [5.41, 5.74) is 0.710. The Balaban J connectivity index is 1.49. The Kier molecular flexibility index (Phi) is 9.67. The van der Waals surface area contributed by atoms with Crippen molar-refractivity contribution in [2.24, 2.45) is 0 Å². The smallest absolute Gasteiger partial charge is 0.295 e. The highest BCUT2D eigenvalue weighted by molar-refractivity contribution is 7.89. The quantitative estimate of drug-likeness (QED) is 0.240. The van der Waals surface area contributed by atoms with E-state index in [4.69, 9.17) is 18.9 Å². The Bertz CT molecular complexity index is 1460. The molecule has 0 saturated carbocycles. The van der Waals surface area contributed by atoms with Gasteiger partial charge < -0.3 is 29.0 Å². The molecule has 3 aliphatic heterocycles. The standard InChI is InChI=1S/C30H37N3O9S/c1-39-24-9-6-22(20-25(24)40-2)27-26(29(35)30(36)33(27)11-3-10-31-12-16-41-17-13-31)28(34)21-4-7-23(8-5-21)43(37,38)32-14-18-42-19-15-32/h4-9,20,27,34H,3,10-19H2,1-2H3/t27-/m0/s1. The topological polar surface area (TPSA) is 135 Å². The number of hydrogen-bond acceptors (Lipinski definition) is 10. The minimum atomic E-state index is -3.75. The molecule has 3 heterocycles. The Labute approximate surface area is 251 Å². The summed E-state index contributed by atoms with van der Waals surface area (Å²) >= 11 is 0. The number of aliphatic hydroxyl groups is 1. The molecule has 0 unspecified atom stereocenters. The van der Waals surface area contributed by atoms with Gasteiger partial charge in [0, 0.05) is 44.8 Å². The van der Waals surface area contributed by atoms with Crippen LogP contribution in [0.5, 0.6) is 11.5 Å². The number of amides is 1. The van der Waals surface area contributed by atoms with Gasteiger partial charge >= 0.3 is 0 Å². The second-order valence-electron chi connectivity index (χ2n) is 10.5. The molecule has 0 aliphatic carbocycles. The first-order valence-electron chi connectivity index (χ1n) is 14.2. The first-order chi connectivity index (χ1) is 20.8. The zero-order valence-electron chi connectivity index (χ0n) is 24.4. The van der Waals surface area contributed by atoms with Crippen LogP contribution in [0.4, 0.5) is 0 Å². The van der Waals surface area contributed by atoms with Crippen LogP contribution in [0.3, 0.4) is 0 Å². The van der Waals surface area contributed by atoms with Crippen molar-refractivity contribution in [3.63, 3.8) is 0 Å². The number of hydrogen-bond donors (Lipinski definition) is 1. The largest absolute Gasteiger partial charge is 0.507 e. The lowest BCUT2D eigenvalue weighted by Gasteiger charge is -2.29. The summed E-state index contributed by atoms with van der Waals surface area (Å²) in [4.78, 5) is 30.7. The summed E-state index contributed by atoms with van der Waals surface area (Å²) < 4.78 is 49.1. The molecule has 2 aromatic rings. The number of ketones is 1. The molecule has 0 aromatic heterocycles. The highest BCUT2D eigenvalue weighted by Gasteiger charge is 2.46. The monoisotopic (exact) mass is 615 g/mol. The lowest BCUT2D eigenvalue weighted by atomic mass is 9.95. The third-order valence-electron chi connectivity index (χ3n) is 7.98. The molecule has 1 N–H and O–H groups in total. The predicted molar refractivity (Wildman–Crippen MR) is 156 cm³/mol. The van der Waals surface area contributed by atoms with Crippen LogP contribution in [0.25, 0.3) is 5.76 Å². The number of sulfonamides is 1. The number of likely N-dealkylation sites (tertiary alicyclic amines) is 1. The van der Waals surface area contributed by atoms with Crippen molar-refractivity contribution >= 4 is 27.5 Å². The van der Waals surface area contributed by atoms with E-state index in [1.807, 2.05) is 0 Å². The summed E-state index contributed by atoms with van der Waals surface area (Å²) in [5, 5.41) is 11.5. The lowest BCUT2D eigenvalue weighted by Crippen LogP contribution is -2.40. The summed E-state index contributed by atoms with van der Waals surface area (Å²) in [6.07, 6.45) is 0.616. The molecule has 43 heavy (non-hydrogen) atoms. The van der Waals surface area contributed by atoms with Crippen LogP contribution in [0.1, 0.15) is 23.6 Å². The molecular formula is C30H37N3O9S. The fourth-order valence-corrected chi connectivity index (χ4v) is 7.05. The third kappa shape index (κ3) is 6.41. The molecular weight excluding hydrogens is 578 g/mol. The van der Waals surface area contributed by atoms with E-state index in [1.54, 1.807) is 18.2 Å². The number of benzene rings is 2. The van der Waals surface area contributed by atoms with Crippen molar-refractivity contribution in [2.75, 3.05) is 79.9 Å². The summed E-state index contributed by atoms with van der Waals surface area (Å²) in [6.45, 7) is 5.07. The molecule has 3 aliphatic rings. The maximum Gasteiger partial charge on any atom is 0.295 e. The van der Waals surface area contributed by atoms with E-state index in [0.29, 0.717) is 49.9 Å². The van der Waals surface area contributed by atoms with Crippen molar-refractivity contribution in [1.82, 2.24) is 14.1 Å². The number of ether oxygens (including phenoxy) is 4. The van der Waals surface area contributed by atoms with Crippen molar-refractivity contribution < 1.29 is 42.1 Å². The fraction of sp³-hybridized carbons (Fsp3) is 0.467. The number of methoxy groups -OCH3 is 2. The predicted octanol–water partition coefficient (Wildman–Crippen LogP) is 1.87. The van der Waals surface area contributed by atoms with Crippen molar-refractivity contribution in [2.45, 2.75) is 17.4 Å². The molecule has 3 fully saturated rings. The molecule has 3 saturated heterocycles. The van der Waals surface area contributed by atoms with Gasteiger partial charge in [-0.3, -0.25) is 14.5 Å². The maximum atomic E-state index is 13.5. The Morgan fingerprint density at radius 3 is 2.14 bits per heavy atom. The molecule has 1 atom stereocenters. The summed E-state index contributed by atoms with van der Waals surface area (Å²) in [5.74, 6) is -1.02. The van der Waals surface area contributed by atoms with E-state index >= 15 is 0 Å². The zero-order valence-corrected chi connectivity index (χ0v) is 25.2. The van der Waals surface area contributed by atoms with Crippen LogP contribution in [-0.2, 0) is 29.1 Å². The number of aliphatic hydroxyl groups excluding tert-OH is 1. The van der Waals surface area contributed by atoms with Gasteiger partial charge in [0.15, 0.2) is 11.5 Å². The average molecular weight is 616 g/mol. The lowest BCUT2D eigenvalue weighted by molar-refractivity contribution is -0.140. The molecule has 0 radical (unpaired) electrons. The molecule has 0 bridgehead atoms. The average Bonchev–Trinajstić information content (AvgIpc) is 3.30. The van der Waals surface area contributed by atoms with Gasteiger partial charge in [-0.15, -0.1) is 0 Å². The Morgan fingerprint density at radius 2 is 1.51 bits per heavy atom. The second-order valence-corrected chi connectivity index (χ2v) is 12.4. The van der Waals surface area contributed by atoms with E-state index in [-0.39, 0.29) is 41.4 Å². The molecule has 13 heteroatoms. The fourth-order valence-electron chi connectivity index (χ4n) is 5.65. The highest BCUT2D eigenvalue weighted by atomic mass is 32.2. The van der Waals surface area contributed by atoms with Crippen LogP contribution in [0.2, 0.25) is 0 Å². The van der Waals surface area contributed by atoms with Gasteiger partial charge in [-0.2, -0.15) is 4.31 Å². The van der Waals surface area contributed by atoms with E-state index < -0.39 is 27.8 Å². The number of morpholine rings is 2. The third-order valence-corrected chi connectivity index (χ3v) is 9.89. The normalized spacial score (nSPS) is 21.7. The van der Waals surface area contributed by atoms with E-state index in [2.05, 4.69) is 4.90 Å². The Morgan fingerprint density at radius 1 is 0.884 bits per heavy atom.